The Bertz CT molecular complexity index is 1150. The SMILES string of the molecule is NC(=O)c1ccc(N2N=C(C(=O)NCc3ccccc3)C(NC(=O)c3ccco3)S2)cc1. The Morgan fingerprint density at radius 2 is 1.75 bits per heavy atom. The number of hydrogen-bond donors (Lipinski definition) is 3. The molecule has 0 spiro atoms. The maximum Gasteiger partial charge on any atom is 0.288 e. The van der Waals surface area contributed by atoms with Gasteiger partial charge in [-0.2, -0.15) is 5.10 Å². The molecule has 32 heavy (non-hydrogen) atoms. The summed E-state index contributed by atoms with van der Waals surface area (Å²) in [5, 5.41) is 9.24. The number of rotatable bonds is 7. The average molecular weight is 449 g/mol. The number of nitrogens with zero attached hydrogens (tertiary/aromatic N) is 2. The molecule has 0 saturated carbocycles. The highest BCUT2D eigenvalue weighted by Crippen LogP contribution is 2.32. The minimum absolute atomic E-state index is 0.124. The first-order chi connectivity index (χ1) is 15.5. The maximum absolute atomic E-state index is 12.9. The van der Waals surface area contributed by atoms with Gasteiger partial charge in [-0.15, -0.1) is 0 Å². The number of primary amides is 1. The van der Waals surface area contributed by atoms with Gasteiger partial charge in [-0.05, 0) is 42.0 Å². The topological polar surface area (TPSA) is 130 Å². The molecule has 4 rings (SSSR count). The van der Waals surface area contributed by atoms with Crippen molar-refractivity contribution in [1.29, 1.82) is 0 Å². The van der Waals surface area contributed by atoms with Crippen molar-refractivity contribution in [1.82, 2.24) is 10.6 Å². The van der Waals surface area contributed by atoms with E-state index in [1.54, 1.807) is 30.3 Å². The lowest BCUT2D eigenvalue weighted by Gasteiger charge is -2.15. The first kappa shape index (κ1) is 21.2. The van der Waals surface area contributed by atoms with E-state index in [9.17, 15) is 14.4 Å². The van der Waals surface area contributed by atoms with Crippen LogP contribution in [0.25, 0.3) is 0 Å². The number of furan rings is 1. The van der Waals surface area contributed by atoms with E-state index >= 15 is 0 Å². The smallest absolute Gasteiger partial charge is 0.288 e. The van der Waals surface area contributed by atoms with Crippen molar-refractivity contribution in [3.8, 4) is 0 Å². The highest BCUT2D eigenvalue weighted by Gasteiger charge is 2.35. The number of hydrazone groups is 1. The third kappa shape index (κ3) is 4.81. The average Bonchev–Trinajstić information content (AvgIpc) is 3.49. The second-order valence-electron chi connectivity index (χ2n) is 6.77. The molecule has 2 heterocycles. The number of hydrogen-bond acceptors (Lipinski definition) is 7. The number of nitrogens with two attached hydrogens (primary N) is 1. The summed E-state index contributed by atoms with van der Waals surface area (Å²) < 4.78 is 6.64. The quantitative estimate of drug-likeness (QED) is 0.475. The zero-order chi connectivity index (χ0) is 22.5. The molecule has 0 fully saturated rings. The van der Waals surface area contributed by atoms with Gasteiger partial charge in [0.25, 0.3) is 11.8 Å². The highest BCUT2D eigenvalue weighted by atomic mass is 32.2. The summed E-state index contributed by atoms with van der Waals surface area (Å²) in [4.78, 5) is 36.7. The number of anilines is 1. The molecular formula is C22H19N5O4S. The van der Waals surface area contributed by atoms with E-state index in [0.29, 0.717) is 17.8 Å². The molecule has 1 aromatic heterocycles. The zero-order valence-electron chi connectivity index (χ0n) is 16.7. The molecule has 1 unspecified atom stereocenters. The fraction of sp³-hybridized carbons (Fsp3) is 0.0909. The lowest BCUT2D eigenvalue weighted by Crippen LogP contribution is -2.44. The van der Waals surface area contributed by atoms with E-state index < -0.39 is 23.1 Å². The van der Waals surface area contributed by atoms with Crippen LogP contribution in [-0.4, -0.2) is 28.8 Å². The normalized spacial score (nSPS) is 15.2. The molecule has 0 saturated heterocycles. The summed E-state index contributed by atoms with van der Waals surface area (Å²) in [6.45, 7) is 0.315. The van der Waals surface area contributed by atoms with E-state index in [2.05, 4.69) is 15.7 Å². The Balaban J connectivity index is 1.53. The van der Waals surface area contributed by atoms with Crippen molar-refractivity contribution in [2.75, 3.05) is 4.41 Å². The summed E-state index contributed by atoms with van der Waals surface area (Å²) in [5.74, 6) is -1.30. The van der Waals surface area contributed by atoms with Crippen LogP contribution in [0, 0.1) is 0 Å². The Kier molecular flexibility index (Phi) is 6.22. The van der Waals surface area contributed by atoms with Gasteiger partial charge < -0.3 is 20.8 Å². The minimum Gasteiger partial charge on any atom is -0.459 e. The van der Waals surface area contributed by atoms with Crippen molar-refractivity contribution in [3.63, 3.8) is 0 Å². The fourth-order valence-corrected chi connectivity index (χ4v) is 3.91. The predicted octanol–water partition coefficient (Wildman–Crippen LogP) is 2.28. The molecule has 0 radical (unpaired) electrons. The Morgan fingerprint density at radius 1 is 1.00 bits per heavy atom. The number of benzene rings is 2. The molecule has 3 amide bonds. The first-order valence-corrected chi connectivity index (χ1v) is 10.5. The van der Waals surface area contributed by atoms with Crippen LogP contribution in [0.15, 0.2) is 82.5 Å². The van der Waals surface area contributed by atoms with E-state index in [4.69, 9.17) is 10.2 Å². The van der Waals surface area contributed by atoms with E-state index in [-0.39, 0.29) is 11.5 Å². The second kappa shape index (κ2) is 9.40. The Hall–Kier alpha value is -4.05. The first-order valence-electron chi connectivity index (χ1n) is 9.63. The molecule has 3 aromatic rings. The van der Waals surface area contributed by atoms with Crippen molar-refractivity contribution in [2.45, 2.75) is 11.9 Å². The summed E-state index contributed by atoms with van der Waals surface area (Å²) in [6, 6.07) is 19.0. The lowest BCUT2D eigenvalue weighted by atomic mass is 10.2. The van der Waals surface area contributed by atoms with E-state index in [0.717, 1.165) is 17.5 Å². The third-order valence-electron chi connectivity index (χ3n) is 4.56. The van der Waals surface area contributed by atoms with Gasteiger partial charge >= 0.3 is 0 Å². The molecule has 9 nitrogen and oxygen atoms in total. The van der Waals surface area contributed by atoms with Gasteiger partial charge in [0.05, 0.1) is 12.0 Å². The number of nitrogens with one attached hydrogen (secondary N) is 2. The molecule has 2 aromatic carbocycles. The molecule has 4 N–H and O–H groups in total. The van der Waals surface area contributed by atoms with Crippen molar-refractivity contribution < 1.29 is 18.8 Å². The molecule has 162 valence electrons. The van der Waals surface area contributed by atoms with Crippen LogP contribution in [0.3, 0.4) is 0 Å². The summed E-state index contributed by atoms with van der Waals surface area (Å²) in [7, 11) is 0. The molecular weight excluding hydrogens is 430 g/mol. The van der Waals surface area contributed by atoms with Crippen LogP contribution >= 0.6 is 11.9 Å². The van der Waals surface area contributed by atoms with Crippen molar-refractivity contribution >= 4 is 41.1 Å². The van der Waals surface area contributed by atoms with Gasteiger partial charge in [0.2, 0.25) is 5.91 Å². The number of carbonyl (C=O) groups is 3. The van der Waals surface area contributed by atoms with Gasteiger partial charge in [0.1, 0.15) is 5.37 Å². The van der Waals surface area contributed by atoms with Crippen LogP contribution in [0.2, 0.25) is 0 Å². The predicted molar refractivity (Wildman–Crippen MR) is 121 cm³/mol. The summed E-state index contributed by atoms with van der Waals surface area (Å²) >= 11 is 1.14. The lowest BCUT2D eigenvalue weighted by molar-refractivity contribution is -0.115. The highest BCUT2D eigenvalue weighted by molar-refractivity contribution is 8.02. The molecule has 1 atom stereocenters. The summed E-state index contributed by atoms with van der Waals surface area (Å²) in [5.41, 5.74) is 7.32. The Morgan fingerprint density at radius 3 is 2.41 bits per heavy atom. The molecule has 0 aliphatic carbocycles. The standard InChI is InChI=1S/C22H19N5O4S/c23-19(28)15-8-10-16(11-9-15)27-26-18(21(30)24-13-14-5-2-1-3-6-14)22(32-27)25-20(29)17-7-4-12-31-17/h1-12,22H,13H2,(H2,23,28)(H,24,30)(H,25,29). The molecule has 1 aliphatic rings. The van der Waals surface area contributed by atoms with Gasteiger partial charge in [-0.25, -0.2) is 4.41 Å². The van der Waals surface area contributed by atoms with Gasteiger partial charge in [-0.3, -0.25) is 14.4 Å². The molecule has 10 heteroatoms. The van der Waals surface area contributed by atoms with Gasteiger partial charge in [-0.1, -0.05) is 30.3 Å². The van der Waals surface area contributed by atoms with Crippen LogP contribution in [0.1, 0.15) is 26.5 Å². The zero-order valence-corrected chi connectivity index (χ0v) is 17.5. The van der Waals surface area contributed by atoms with Gasteiger partial charge in [0.15, 0.2) is 11.5 Å². The fourth-order valence-electron chi connectivity index (χ4n) is 2.92. The van der Waals surface area contributed by atoms with Crippen molar-refractivity contribution in [2.24, 2.45) is 10.8 Å². The van der Waals surface area contributed by atoms with Gasteiger partial charge in [0, 0.05) is 24.1 Å². The van der Waals surface area contributed by atoms with Crippen LogP contribution in [-0.2, 0) is 11.3 Å². The monoisotopic (exact) mass is 449 g/mol. The van der Waals surface area contributed by atoms with E-state index in [1.807, 2.05) is 30.3 Å². The number of amides is 3. The Labute approximate surface area is 187 Å². The second-order valence-corrected chi connectivity index (χ2v) is 7.80. The van der Waals surface area contributed by atoms with Crippen molar-refractivity contribution in [3.05, 3.63) is 89.9 Å². The summed E-state index contributed by atoms with van der Waals surface area (Å²) in [6.07, 6.45) is 1.39. The third-order valence-corrected chi connectivity index (χ3v) is 5.60. The maximum atomic E-state index is 12.9. The number of carbonyl (C=O) groups excluding carboxylic acids is 3. The van der Waals surface area contributed by atoms with E-state index in [1.165, 1.54) is 16.7 Å². The largest absolute Gasteiger partial charge is 0.459 e. The van der Waals surface area contributed by atoms with Crippen LogP contribution in [0.4, 0.5) is 5.69 Å². The minimum atomic E-state index is -0.751. The van der Waals surface area contributed by atoms with Crippen LogP contribution < -0.4 is 20.8 Å². The van der Waals surface area contributed by atoms with Crippen LogP contribution in [0.5, 0.6) is 0 Å². The molecule has 0 bridgehead atoms. The molecule has 1 aliphatic heterocycles.